The Morgan fingerprint density at radius 1 is 1.20 bits per heavy atom. The second-order valence-corrected chi connectivity index (χ2v) is 10.0. The number of hydrogen-bond donors (Lipinski definition) is 1. The quantitative estimate of drug-likeness (QED) is 0.691. The summed E-state index contributed by atoms with van der Waals surface area (Å²) in [4.78, 5) is 28.3. The third-order valence-corrected chi connectivity index (χ3v) is 7.93. The average Bonchev–Trinajstić information content (AvgIpc) is 3.12. The Kier molecular flexibility index (Phi) is 5.48. The summed E-state index contributed by atoms with van der Waals surface area (Å²) in [7, 11) is 0. The predicted molar refractivity (Wildman–Crippen MR) is 123 cm³/mol. The molecule has 3 heterocycles. The largest absolute Gasteiger partial charge is 0.309 e. The molecule has 1 aromatic carbocycles. The van der Waals surface area contributed by atoms with Gasteiger partial charge in [0.15, 0.2) is 0 Å². The second-order valence-electron chi connectivity index (χ2n) is 8.96. The first-order valence-corrected chi connectivity index (χ1v) is 11.9. The first kappa shape index (κ1) is 19.9. The summed E-state index contributed by atoms with van der Waals surface area (Å²) in [6, 6.07) is 10.8. The molecule has 6 heteroatoms. The van der Waals surface area contributed by atoms with Crippen molar-refractivity contribution < 1.29 is 0 Å². The van der Waals surface area contributed by atoms with Gasteiger partial charge in [0, 0.05) is 37.6 Å². The fourth-order valence-corrected chi connectivity index (χ4v) is 6.28. The number of piperazine rings is 1. The lowest BCUT2D eigenvalue weighted by atomic mass is 9.89. The van der Waals surface area contributed by atoms with E-state index in [1.807, 2.05) is 0 Å². The molecule has 1 N–H and O–H groups in total. The van der Waals surface area contributed by atoms with Gasteiger partial charge in [0.2, 0.25) is 0 Å². The molecule has 1 saturated heterocycles. The molecule has 2 aromatic heterocycles. The normalized spacial score (nSPS) is 21.6. The first-order chi connectivity index (χ1) is 14.6. The minimum absolute atomic E-state index is 0.0524. The van der Waals surface area contributed by atoms with Crippen LogP contribution in [0.3, 0.4) is 0 Å². The summed E-state index contributed by atoms with van der Waals surface area (Å²) >= 11 is 1.74. The number of aromatic nitrogens is 2. The van der Waals surface area contributed by atoms with E-state index in [0.29, 0.717) is 5.92 Å². The van der Waals surface area contributed by atoms with Crippen molar-refractivity contribution in [2.24, 2.45) is 5.92 Å². The van der Waals surface area contributed by atoms with Gasteiger partial charge in [-0.15, -0.1) is 11.3 Å². The summed E-state index contributed by atoms with van der Waals surface area (Å²) in [6.45, 7) is 9.54. The third kappa shape index (κ3) is 3.84. The molecule has 0 saturated carbocycles. The van der Waals surface area contributed by atoms with Crippen LogP contribution in [0.2, 0.25) is 0 Å². The van der Waals surface area contributed by atoms with Crippen molar-refractivity contribution in [1.29, 1.82) is 0 Å². The number of hydrogen-bond acceptors (Lipinski definition) is 5. The summed E-state index contributed by atoms with van der Waals surface area (Å²) < 4.78 is 0. The highest BCUT2D eigenvalue weighted by atomic mass is 32.1. The molecule has 1 fully saturated rings. The summed E-state index contributed by atoms with van der Waals surface area (Å²) in [5, 5.41) is 0.852. The topological polar surface area (TPSA) is 52.2 Å². The van der Waals surface area contributed by atoms with E-state index >= 15 is 0 Å². The number of fused-ring (bicyclic) bond motifs is 3. The third-order valence-electron chi connectivity index (χ3n) is 6.78. The Bertz CT molecular complexity index is 1080. The Morgan fingerprint density at radius 2 is 1.97 bits per heavy atom. The minimum Gasteiger partial charge on any atom is -0.309 e. The maximum atomic E-state index is 12.9. The zero-order chi connectivity index (χ0) is 20.7. The minimum atomic E-state index is 0.0524. The van der Waals surface area contributed by atoms with E-state index < -0.39 is 0 Å². The van der Waals surface area contributed by atoms with E-state index in [1.165, 1.54) is 22.4 Å². The van der Waals surface area contributed by atoms with E-state index in [4.69, 9.17) is 4.98 Å². The zero-order valence-corrected chi connectivity index (χ0v) is 18.7. The van der Waals surface area contributed by atoms with Crippen LogP contribution in [0.15, 0.2) is 35.1 Å². The van der Waals surface area contributed by atoms with E-state index in [0.717, 1.165) is 61.6 Å². The van der Waals surface area contributed by atoms with Gasteiger partial charge in [0.05, 0.1) is 11.4 Å². The van der Waals surface area contributed by atoms with Gasteiger partial charge in [-0.2, -0.15) is 0 Å². The molecule has 30 heavy (non-hydrogen) atoms. The molecular weight excluding hydrogens is 392 g/mol. The lowest BCUT2D eigenvalue weighted by Crippen LogP contribution is -2.47. The first-order valence-electron chi connectivity index (χ1n) is 11.1. The second kappa shape index (κ2) is 8.25. The van der Waals surface area contributed by atoms with E-state index in [2.05, 4.69) is 59.0 Å². The van der Waals surface area contributed by atoms with Gasteiger partial charge in [-0.05, 0) is 43.2 Å². The monoisotopic (exact) mass is 422 g/mol. The lowest BCUT2D eigenvalue weighted by Gasteiger charge is -2.37. The Balaban J connectivity index is 1.30. The van der Waals surface area contributed by atoms with Gasteiger partial charge < -0.3 is 4.98 Å². The SMILES string of the molecule is C[C@H]1CCc2c(sc3nc([C@H](C)N4CCN(Cc5ccccc5)CC4)[nH]c(=O)c23)C1. The number of aromatic amines is 1. The van der Waals surface area contributed by atoms with Crippen molar-refractivity contribution in [2.45, 2.75) is 45.7 Å². The van der Waals surface area contributed by atoms with E-state index in [1.54, 1.807) is 11.3 Å². The molecule has 5 rings (SSSR count). The van der Waals surface area contributed by atoms with Crippen LogP contribution in [0, 0.1) is 5.92 Å². The molecule has 1 aliphatic carbocycles. The molecule has 0 radical (unpaired) electrons. The van der Waals surface area contributed by atoms with Gasteiger partial charge >= 0.3 is 0 Å². The smallest absolute Gasteiger partial charge is 0.259 e. The standard InChI is InChI=1S/C24H30N4OS/c1-16-8-9-19-20(14-16)30-24-21(19)23(29)25-22(26-24)17(2)28-12-10-27(11-13-28)15-18-6-4-3-5-7-18/h3-7,16-17H,8-15H2,1-2H3,(H,25,26,29)/t16-,17-/m0/s1. The van der Waals surface area contributed by atoms with Crippen LogP contribution in [-0.4, -0.2) is 45.9 Å². The fraction of sp³-hybridized carbons (Fsp3) is 0.500. The maximum absolute atomic E-state index is 12.9. The van der Waals surface area contributed by atoms with Crippen molar-refractivity contribution in [1.82, 2.24) is 19.8 Å². The summed E-state index contributed by atoms with van der Waals surface area (Å²) in [5.41, 5.74) is 2.68. The highest BCUT2D eigenvalue weighted by molar-refractivity contribution is 7.18. The molecule has 0 bridgehead atoms. The molecule has 0 unspecified atom stereocenters. The number of benzene rings is 1. The molecule has 158 valence electrons. The number of rotatable bonds is 4. The van der Waals surface area contributed by atoms with Crippen molar-refractivity contribution in [2.75, 3.05) is 26.2 Å². The number of nitrogens with zero attached hydrogens (tertiary/aromatic N) is 3. The van der Waals surface area contributed by atoms with E-state index in [9.17, 15) is 4.79 Å². The number of nitrogens with one attached hydrogen (secondary N) is 1. The average molecular weight is 423 g/mol. The lowest BCUT2D eigenvalue weighted by molar-refractivity contribution is 0.0948. The van der Waals surface area contributed by atoms with Gasteiger partial charge in [-0.25, -0.2) is 4.98 Å². The Hall–Kier alpha value is -2.02. The van der Waals surface area contributed by atoms with Crippen LogP contribution < -0.4 is 5.56 Å². The predicted octanol–water partition coefficient (Wildman–Crippen LogP) is 3.99. The number of H-pyrrole nitrogens is 1. The van der Waals surface area contributed by atoms with Gasteiger partial charge in [0.25, 0.3) is 5.56 Å². The molecule has 2 atom stereocenters. The van der Waals surface area contributed by atoms with Crippen molar-refractivity contribution in [3.63, 3.8) is 0 Å². The molecule has 0 spiro atoms. The maximum Gasteiger partial charge on any atom is 0.259 e. The van der Waals surface area contributed by atoms with Crippen molar-refractivity contribution in [3.05, 3.63) is 62.5 Å². The van der Waals surface area contributed by atoms with Crippen LogP contribution >= 0.6 is 11.3 Å². The fourth-order valence-electron chi connectivity index (χ4n) is 4.89. The van der Waals surface area contributed by atoms with Gasteiger partial charge in [0.1, 0.15) is 10.7 Å². The summed E-state index contributed by atoms with van der Waals surface area (Å²) in [5.74, 6) is 1.52. The van der Waals surface area contributed by atoms with Gasteiger partial charge in [-0.1, -0.05) is 37.3 Å². The highest BCUT2D eigenvalue weighted by Gasteiger charge is 2.26. The molecule has 0 amide bonds. The number of thiophene rings is 1. The Labute approximate surface area is 181 Å². The zero-order valence-electron chi connectivity index (χ0n) is 17.9. The van der Waals surface area contributed by atoms with Crippen molar-refractivity contribution >= 4 is 21.6 Å². The van der Waals surface area contributed by atoms with Crippen LogP contribution in [-0.2, 0) is 19.4 Å². The molecule has 2 aliphatic rings. The van der Waals surface area contributed by atoms with Crippen LogP contribution in [0.5, 0.6) is 0 Å². The molecule has 5 nitrogen and oxygen atoms in total. The number of aryl methyl sites for hydroxylation is 1. The highest BCUT2D eigenvalue weighted by Crippen LogP contribution is 2.36. The van der Waals surface area contributed by atoms with Crippen molar-refractivity contribution in [3.8, 4) is 0 Å². The molecule has 3 aromatic rings. The summed E-state index contributed by atoms with van der Waals surface area (Å²) in [6.07, 6.45) is 3.27. The Morgan fingerprint density at radius 3 is 2.73 bits per heavy atom. The molecular formula is C24H30N4OS. The van der Waals surface area contributed by atoms with Gasteiger partial charge in [-0.3, -0.25) is 14.6 Å². The van der Waals surface area contributed by atoms with Crippen LogP contribution in [0.4, 0.5) is 0 Å². The van der Waals surface area contributed by atoms with E-state index in [-0.39, 0.29) is 11.6 Å². The molecule has 1 aliphatic heterocycles. The van der Waals surface area contributed by atoms with Crippen LogP contribution in [0.1, 0.15) is 48.1 Å². The van der Waals surface area contributed by atoms with Crippen LogP contribution in [0.25, 0.3) is 10.2 Å².